The predicted octanol–water partition coefficient (Wildman–Crippen LogP) is 9.59. The summed E-state index contributed by atoms with van der Waals surface area (Å²) in [5.74, 6) is 0.243. The Morgan fingerprint density at radius 3 is 1.62 bits per heavy atom. The minimum Gasteiger partial charge on any atom is -0.344 e. The van der Waals surface area contributed by atoms with Crippen molar-refractivity contribution in [2.75, 3.05) is 0 Å². The summed E-state index contributed by atoms with van der Waals surface area (Å²) in [5.41, 5.74) is 13.0. The molecule has 0 radical (unpaired) electrons. The molecule has 0 aliphatic heterocycles. The number of aryl methyl sites for hydroxylation is 1. The van der Waals surface area contributed by atoms with Gasteiger partial charge in [0.25, 0.3) is 0 Å². The van der Waals surface area contributed by atoms with Gasteiger partial charge in [0.15, 0.2) is 0 Å². The summed E-state index contributed by atoms with van der Waals surface area (Å²) in [5, 5.41) is 5.17. The van der Waals surface area contributed by atoms with E-state index in [2.05, 4.69) is 150 Å². The molecule has 2 heteroatoms. The molecule has 2 heterocycles. The third-order valence-electron chi connectivity index (χ3n) is 9.02. The molecule has 6 aromatic carbocycles. The van der Waals surface area contributed by atoms with E-state index < -0.39 is 0 Å². The van der Waals surface area contributed by atoms with Gasteiger partial charge in [-0.15, -0.1) is 0 Å². The van der Waals surface area contributed by atoms with Crippen LogP contribution in [0, 0.1) is 0 Å². The Balaban J connectivity index is 1.30. The zero-order chi connectivity index (χ0) is 26.4. The van der Waals surface area contributed by atoms with Gasteiger partial charge in [-0.1, -0.05) is 91.0 Å². The van der Waals surface area contributed by atoms with Crippen LogP contribution in [-0.2, 0) is 7.05 Å². The second-order valence-corrected chi connectivity index (χ2v) is 11.0. The lowest BCUT2D eigenvalue weighted by Gasteiger charge is -2.15. The first-order valence-corrected chi connectivity index (χ1v) is 14.0. The Bertz CT molecular complexity index is 2200. The van der Waals surface area contributed by atoms with Gasteiger partial charge in [-0.25, -0.2) is 0 Å². The van der Waals surface area contributed by atoms with Gasteiger partial charge in [-0.3, -0.25) is 0 Å². The molecular formula is C38H26N2. The number of hydrogen-bond donors (Lipinski definition) is 0. The lowest BCUT2D eigenvalue weighted by Crippen LogP contribution is -1.99. The van der Waals surface area contributed by atoms with E-state index in [-0.39, 0.29) is 5.92 Å². The number of benzene rings is 6. The topological polar surface area (TPSA) is 9.86 Å². The van der Waals surface area contributed by atoms with Crippen LogP contribution in [0.25, 0.3) is 60.4 Å². The van der Waals surface area contributed by atoms with Crippen LogP contribution in [0.15, 0.2) is 133 Å². The number of para-hydroxylation sites is 2. The highest BCUT2D eigenvalue weighted by Gasteiger charge is 2.29. The van der Waals surface area contributed by atoms with Crippen molar-refractivity contribution in [1.82, 2.24) is 9.13 Å². The van der Waals surface area contributed by atoms with Crippen molar-refractivity contribution in [3.63, 3.8) is 0 Å². The van der Waals surface area contributed by atoms with E-state index in [1.165, 1.54) is 77.1 Å². The van der Waals surface area contributed by atoms with Crippen molar-refractivity contribution < 1.29 is 0 Å². The fourth-order valence-corrected chi connectivity index (χ4v) is 7.26. The van der Waals surface area contributed by atoms with Gasteiger partial charge in [0.1, 0.15) is 0 Å². The summed E-state index contributed by atoms with van der Waals surface area (Å²) < 4.78 is 4.75. The van der Waals surface area contributed by atoms with E-state index in [4.69, 9.17) is 0 Å². The third-order valence-corrected chi connectivity index (χ3v) is 9.02. The smallest absolute Gasteiger partial charge is 0.0541 e. The van der Waals surface area contributed by atoms with Crippen LogP contribution >= 0.6 is 0 Å². The first-order chi connectivity index (χ1) is 19.8. The molecule has 0 fully saturated rings. The molecule has 9 rings (SSSR count). The Morgan fingerprint density at radius 1 is 0.450 bits per heavy atom. The average Bonchev–Trinajstić information content (AvgIpc) is 3.63. The molecule has 0 atom stereocenters. The van der Waals surface area contributed by atoms with Gasteiger partial charge < -0.3 is 9.13 Å². The highest BCUT2D eigenvalue weighted by atomic mass is 15.0. The highest BCUT2D eigenvalue weighted by molar-refractivity contribution is 6.11. The van der Waals surface area contributed by atoms with E-state index in [0.29, 0.717) is 0 Å². The summed E-state index contributed by atoms with van der Waals surface area (Å²) in [6.07, 6.45) is 0. The molecule has 0 N–H and O–H groups in total. The van der Waals surface area contributed by atoms with E-state index in [0.717, 1.165) is 0 Å². The summed E-state index contributed by atoms with van der Waals surface area (Å²) in [7, 11) is 2.19. The van der Waals surface area contributed by atoms with Crippen LogP contribution in [0.5, 0.6) is 0 Å². The highest BCUT2D eigenvalue weighted by Crippen LogP contribution is 2.48. The lowest BCUT2D eigenvalue weighted by atomic mass is 9.88. The summed E-state index contributed by atoms with van der Waals surface area (Å²) in [4.78, 5) is 0. The van der Waals surface area contributed by atoms with Crippen molar-refractivity contribution in [2.24, 2.45) is 7.05 Å². The second kappa shape index (κ2) is 7.97. The van der Waals surface area contributed by atoms with Crippen molar-refractivity contribution in [3.05, 3.63) is 150 Å². The third kappa shape index (κ3) is 2.83. The van der Waals surface area contributed by atoms with E-state index >= 15 is 0 Å². The maximum Gasteiger partial charge on any atom is 0.0541 e. The SMILES string of the molecule is Cn1c2ccc(C3c4ccccc4-c4ccccc43)cc2c2cc(-n3c4ccccc4c4ccccc43)ccc21. The van der Waals surface area contributed by atoms with Crippen LogP contribution < -0.4 is 0 Å². The quantitative estimate of drug-likeness (QED) is 0.219. The van der Waals surface area contributed by atoms with Crippen LogP contribution in [0.4, 0.5) is 0 Å². The average molecular weight is 511 g/mol. The Hall–Kier alpha value is -5.08. The Kier molecular flexibility index (Phi) is 4.34. The largest absolute Gasteiger partial charge is 0.344 e. The van der Waals surface area contributed by atoms with E-state index in [1.54, 1.807) is 0 Å². The van der Waals surface area contributed by atoms with Gasteiger partial charge in [0.05, 0.1) is 11.0 Å². The molecule has 0 spiro atoms. The van der Waals surface area contributed by atoms with Gasteiger partial charge >= 0.3 is 0 Å². The molecule has 0 saturated carbocycles. The molecule has 0 bridgehead atoms. The summed E-state index contributed by atoms with van der Waals surface area (Å²) >= 11 is 0. The minimum absolute atomic E-state index is 0.243. The van der Waals surface area contributed by atoms with Gasteiger partial charge in [0, 0.05) is 51.2 Å². The molecule has 2 aromatic heterocycles. The Labute approximate surface area is 232 Å². The fraction of sp³-hybridized carbons (Fsp3) is 0.0526. The van der Waals surface area contributed by atoms with Crippen LogP contribution in [0.3, 0.4) is 0 Å². The lowest BCUT2D eigenvalue weighted by molar-refractivity contribution is 1.00. The number of rotatable bonds is 2. The van der Waals surface area contributed by atoms with Gasteiger partial charge in [0.2, 0.25) is 0 Å². The van der Waals surface area contributed by atoms with E-state index in [1.807, 2.05) is 0 Å². The number of hydrogen-bond acceptors (Lipinski definition) is 0. The molecule has 0 unspecified atom stereocenters. The summed E-state index contributed by atoms with van der Waals surface area (Å²) in [6.45, 7) is 0. The minimum atomic E-state index is 0.243. The molecule has 40 heavy (non-hydrogen) atoms. The number of fused-ring (bicyclic) bond motifs is 9. The standard InChI is InChI=1S/C38H26N2/c1-39-34-20-18-24(38-30-14-4-2-10-26(30)27-11-3-5-15-31(27)38)22-32(34)33-23-25(19-21-35(33)39)40-36-16-8-6-12-28(36)29-13-7-9-17-37(29)40/h2-23,38H,1H3. The van der Waals surface area contributed by atoms with Crippen LogP contribution in [0.2, 0.25) is 0 Å². The monoisotopic (exact) mass is 510 g/mol. The molecular weight excluding hydrogens is 484 g/mol. The normalized spacial score (nSPS) is 13.0. The summed E-state index contributed by atoms with van der Waals surface area (Å²) in [6, 6.07) is 49.3. The fourth-order valence-electron chi connectivity index (χ4n) is 7.26. The molecule has 188 valence electrons. The zero-order valence-electron chi connectivity index (χ0n) is 22.2. The zero-order valence-corrected chi connectivity index (χ0v) is 22.2. The van der Waals surface area contributed by atoms with E-state index in [9.17, 15) is 0 Å². The molecule has 8 aromatic rings. The van der Waals surface area contributed by atoms with Crippen molar-refractivity contribution in [2.45, 2.75) is 5.92 Å². The number of nitrogens with zero attached hydrogens (tertiary/aromatic N) is 2. The first-order valence-electron chi connectivity index (χ1n) is 14.0. The second-order valence-electron chi connectivity index (χ2n) is 11.0. The molecule has 1 aliphatic carbocycles. The van der Waals surface area contributed by atoms with Crippen molar-refractivity contribution in [3.8, 4) is 16.8 Å². The molecule has 0 saturated heterocycles. The molecule has 1 aliphatic rings. The van der Waals surface area contributed by atoms with Crippen LogP contribution in [-0.4, -0.2) is 9.13 Å². The molecule has 0 amide bonds. The molecule has 2 nitrogen and oxygen atoms in total. The first kappa shape index (κ1) is 21.8. The predicted molar refractivity (Wildman–Crippen MR) is 168 cm³/mol. The maximum atomic E-state index is 2.44. The van der Waals surface area contributed by atoms with Gasteiger partial charge in [-0.05, 0) is 70.3 Å². The number of aromatic nitrogens is 2. The van der Waals surface area contributed by atoms with Crippen LogP contribution in [0.1, 0.15) is 22.6 Å². The van der Waals surface area contributed by atoms with Gasteiger partial charge in [-0.2, -0.15) is 0 Å². The maximum absolute atomic E-state index is 2.44. The Morgan fingerprint density at radius 2 is 0.975 bits per heavy atom. The van der Waals surface area contributed by atoms with Crippen molar-refractivity contribution >= 4 is 43.6 Å². The van der Waals surface area contributed by atoms with Crippen molar-refractivity contribution in [1.29, 1.82) is 0 Å².